The summed E-state index contributed by atoms with van der Waals surface area (Å²) in [5.74, 6) is 0.698. The first-order valence-corrected chi connectivity index (χ1v) is 18.7. The van der Waals surface area contributed by atoms with Crippen molar-refractivity contribution in [3.05, 3.63) is 194 Å². The summed E-state index contributed by atoms with van der Waals surface area (Å²) in [6.07, 6.45) is 0. The van der Waals surface area contributed by atoms with Crippen molar-refractivity contribution in [2.75, 3.05) is 0 Å². The van der Waals surface area contributed by atoms with Crippen LogP contribution in [0.3, 0.4) is 0 Å². The summed E-state index contributed by atoms with van der Waals surface area (Å²) < 4.78 is 2.59. The molecule has 3 heteroatoms. The second-order valence-electron chi connectivity index (χ2n) is 13.4. The Balaban J connectivity index is 1.21. The largest absolute Gasteiger partial charge is 0.228 e. The van der Waals surface area contributed by atoms with E-state index in [4.69, 9.17) is 9.97 Å². The molecule has 0 saturated carbocycles. The fraction of sp³-hybridized carbons (Fsp3) is 0. The van der Waals surface area contributed by atoms with Crippen molar-refractivity contribution in [1.82, 2.24) is 9.97 Å². The van der Waals surface area contributed by atoms with E-state index in [1.54, 1.807) is 0 Å². The van der Waals surface area contributed by atoms with Gasteiger partial charge in [0.25, 0.3) is 0 Å². The van der Waals surface area contributed by atoms with Crippen LogP contribution in [-0.4, -0.2) is 9.97 Å². The lowest BCUT2D eigenvalue weighted by atomic mass is 9.92. The molecule has 53 heavy (non-hydrogen) atoms. The standard InChI is InChI=1S/C50H32N2S/c1-3-14-33(15-4-1)38-29-39(42-23-13-25-48-49(42)44-22-11-12-24-47(44)53-48)31-40(30-38)45-32-46(52-50(51-45)35-17-5-2-6-18-35)43-21-10-9-20-41(43)37-27-26-34-16-7-8-19-36(34)28-37/h1-32H. The van der Waals surface area contributed by atoms with E-state index >= 15 is 0 Å². The van der Waals surface area contributed by atoms with Crippen LogP contribution in [0.2, 0.25) is 0 Å². The van der Waals surface area contributed by atoms with Crippen LogP contribution in [0.4, 0.5) is 0 Å². The average Bonchev–Trinajstić information content (AvgIpc) is 3.63. The Morgan fingerprint density at radius 3 is 1.79 bits per heavy atom. The molecule has 0 spiro atoms. The number of rotatable bonds is 6. The van der Waals surface area contributed by atoms with Crippen LogP contribution in [0.15, 0.2) is 194 Å². The fourth-order valence-electron chi connectivity index (χ4n) is 7.51. The number of aromatic nitrogens is 2. The molecule has 10 aromatic rings. The zero-order chi connectivity index (χ0) is 35.1. The highest BCUT2D eigenvalue weighted by atomic mass is 32.1. The van der Waals surface area contributed by atoms with Crippen LogP contribution >= 0.6 is 11.3 Å². The minimum atomic E-state index is 0.698. The van der Waals surface area contributed by atoms with E-state index in [-0.39, 0.29) is 0 Å². The third-order valence-corrected chi connectivity index (χ3v) is 11.2. The number of hydrogen-bond acceptors (Lipinski definition) is 3. The Morgan fingerprint density at radius 2 is 0.943 bits per heavy atom. The first-order chi connectivity index (χ1) is 26.2. The Labute approximate surface area is 312 Å². The van der Waals surface area contributed by atoms with Crippen molar-refractivity contribution in [2.24, 2.45) is 0 Å². The first kappa shape index (κ1) is 31.1. The van der Waals surface area contributed by atoms with E-state index in [1.807, 2.05) is 29.5 Å². The van der Waals surface area contributed by atoms with Crippen molar-refractivity contribution < 1.29 is 0 Å². The first-order valence-electron chi connectivity index (χ1n) is 17.9. The molecule has 10 rings (SSSR count). The summed E-state index contributed by atoms with van der Waals surface area (Å²) in [7, 11) is 0. The minimum Gasteiger partial charge on any atom is -0.228 e. The van der Waals surface area contributed by atoms with E-state index in [9.17, 15) is 0 Å². The molecule has 0 aliphatic heterocycles. The molecular formula is C50H32N2S. The van der Waals surface area contributed by atoms with Gasteiger partial charge in [-0.05, 0) is 86.6 Å². The quantitative estimate of drug-likeness (QED) is 0.173. The zero-order valence-electron chi connectivity index (χ0n) is 28.8. The molecule has 2 heterocycles. The predicted octanol–water partition coefficient (Wildman–Crippen LogP) is 14.0. The molecule has 0 aliphatic rings. The van der Waals surface area contributed by atoms with Crippen LogP contribution in [-0.2, 0) is 0 Å². The fourth-order valence-corrected chi connectivity index (χ4v) is 8.64. The van der Waals surface area contributed by atoms with Gasteiger partial charge in [0.1, 0.15) is 0 Å². The van der Waals surface area contributed by atoms with Gasteiger partial charge in [0, 0.05) is 36.9 Å². The van der Waals surface area contributed by atoms with Gasteiger partial charge in [-0.1, -0.05) is 152 Å². The summed E-state index contributed by atoms with van der Waals surface area (Å²) in [4.78, 5) is 10.6. The maximum Gasteiger partial charge on any atom is 0.160 e. The minimum absolute atomic E-state index is 0.698. The van der Waals surface area contributed by atoms with Crippen LogP contribution in [0, 0.1) is 0 Å². The third kappa shape index (κ3) is 5.78. The summed E-state index contributed by atoms with van der Waals surface area (Å²) in [6, 6.07) is 69.3. The highest BCUT2D eigenvalue weighted by Crippen LogP contribution is 2.43. The van der Waals surface area contributed by atoms with Crippen LogP contribution in [0.25, 0.3) is 98.2 Å². The number of thiophene rings is 1. The highest BCUT2D eigenvalue weighted by molar-refractivity contribution is 7.25. The average molecular weight is 693 g/mol. The van der Waals surface area contributed by atoms with Crippen molar-refractivity contribution >= 4 is 42.3 Å². The van der Waals surface area contributed by atoms with Crippen molar-refractivity contribution in [2.45, 2.75) is 0 Å². The Morgan fingerprint density at radius 1 is 0.321 bits per heavy atom. The normalized spacial score (nSPS) is 11.4. The maximum atomic E-state index is 5.31. The van der Waals surface area contributed by atoms with Gasteiger partial charge >= 0.3 is 0 Å². The molecule has 248 valence electrons. The molecule has 0 N–H and O–H groups in total. The number of fused-ring (bicyclic) bond motifs is 4. The van der Waals surface area contributed by atoms with Gasteiger partial charge in [0.2, 0.25) is 0 Å². The molecular weight excluding hydrogens is 661 g/mol. The van der Waals surface area contributed by atoms with Gasteiger partial charge in [0.15, 0.2) is 5.82 Å². The molecule has 2 nitrogen and oxygen atoms in total. The molecule has 0 unspecified atom stereocenters. The van der Waals surface area contributed by atoms with Gasteiger partial charge < -0.3 is 0 Å². The van der Waals surface area contributed by atoms with Crippen LogP contribution in [0.5, 0.6) is 0 Å². The third-order valence-electron chi connectivity index (χ3n) is 10.1. The lowest BCUT2D eigenvalue weighted by Gasteiger charge is -2.15. The number of nitrogens with zero attached hydrogens (tertiary/aromatic N) is 2. The summed E-state index contributed by atoms with van der Waals surface area (Å²) in [5, 5.41) is 5.02. The maximum absolute atomic E-state index is 5.31. The van der Waals surface area contributed by atoms with Gasteiger partial charge in [0.05, 0.1) is 11.4 Å². The van der Waals surface area contributed by atoms with Crippen molar-refractivity contribution in [3.8, 4) is 67.3 Å². The molecule has 0 atom stereocenters. The van der Waals surface area contributed by atoms with Gasteiger partial charge in [-0.3, -0.25) is 0 Å². The lowest BCUT2D eigenvalue weighted by molar-refractivity contribution is 1.18. The Bertz CT molecular complexity index is 2950. The lowest BCUT2D eigenvalue weighted by Crippen LogP contribution is -1.97. The van der Waals surface area contributed by atoms with Crippen molar-refractivity contribution in [3.63, 3.8) is 0 Å². The zero-order valence-corrected chi connectivity index (χ0v) is 29.6. The topological polar surface area (TPSA) is 25.8 Å². The van der Waals surface area contributed by atoms with E-state index in [0.29, 0.717) is 5.82 Å². The van der Waals surface area contributed by atoms with Crippen LogP contribution in [0.1, 0.15) is 0 Å². The van der Waals surface area contributed by atoms with Crippen LogP contribution < -0.4 is 0 Å². The molecule has 0 radical (unpaired) electrons. The van der Waals surface area contributed by atoms with Gasteiger partial charge in [-0.2, -0.15) is 0 Å². The molecule has 0 fully saturated rings. The van der Waals surface area contributed by atoms with E-state index < -0.39 is 0 Å². The molecule has 0 saturated heterocycles. The smallest absolute Gasteiger partial charge is 0.160 e. The molecule has 0 amide bonds. The highest BCUT2D eigenvalue weighted by Gasteiger charge is 2.17. The van der Waals surface area contributed by atoms with E-state index in [2.05, 4.69) is 176 Å². The summed E-state index contributed by atoms with van der Waals surface area (Å²) in [6.45, 7) is 0. The van der Waals surface area contributed by atoms with E-state index in [0.717, 1.165) is 55.9 Å². The Kier molecular flexibility index (Phi) is 7.71. The van der Waals surface area contributed by atoms with Gasteiger partial charge in [-0.25, -0.2) is 9.97 Å². The van der Waals surface area contributed by atoms with Gasteiger partial charge in [-0.15, -0.1) is 11.3 Å². The molecule has 0 aliphatic carbocycles. The molecule has 8 aromatic carbocycles. The SMILES string of the molecule is c1ccc(-c2cc(-c3cc(-c4ccccc4-c4ccc5ccccc5c4)nc(-c4ccccc4)n3)cc(-c3cccc4sc5ccccc5c34)c2)cc1. The molecule has 2 aromatic heterocycles. The second-order valence-corrected chi connectivity index (χ2v) is 14.5. The summed E-state index contributed by atoms with van der Waals surface area (Å²) in [5.41, 5.74) is 11.8. The number of hydrogen-bond donors (Lipinski definition) is 0. The second kappa shape index (κ2) is 13.1. The number of benzene rings is 8. The van der Waals surface area contributed by atoms with Crippen molar-refractivity contribution in [1.29, 1.82) is 0 Å². The molecule has 0 bridgehead atoms. The Hall–Kier alpha value is -6.68. The summed E-state index contributed by atoms with van der Waals surface area (Å²) >= 11 is 1.85. The monoisotopic (exact) mass is 692 g/mol. The predicted molar refractivity (Wildman–Crippen MR) is 225 cm³/mol. The van der Waals surface area contributed by atoms with E-state index in [1.165, 1.54) is 36.5 Å².